The van der Waals surface area contributed by atoms with E-state index in [1.54, 1.807) is 13.3 Å². The van der Waals surface area contributed by atoms with Gasteiger partial charge in [0, 0.05) is 11.8 Å². The first-order valence-corrected chi connectivity index (χ1v) is 5.22. The molecule has 0 saturated carbocycles. The van der Waals surface area contributed by atoms with Crippen LogP contribution in [0.15, 0.2) is 30.5 Å². The van der Waals surface area contributed by atoms with Gasteiger partial charge in [-0.05, 0) is 36.2 Å². The average Bonchev–Trinajstić information content (AvgIpc) is 2.29. The van der Waals surface area contributed by atoms with Gasteiger partial charge in [-0.2, -0.15) is 0 Å². The fraction of sp³-hybridized carbons (Fsp3) is 0.167. The first-order valence-electron chi connectivity index (χ1n) is 4.84. The van der Waals surface area contributed by atoms with Gasteiger partial charge in [0.1, 0.15) is 5.75 Å². The summed E-state index contributed by atoms with van der Waals surface area (Å²) in [7, 11) is 1.65. The lowest BCUT2D eigenvalue weighted by atomic mass is 10.1. The molecule has 82 valence electrons. The van der Waals surface area contributed by atoms with Crippen molar-refractivity contribution in [1.82, 2.24) is 9.97 Å². The predicted octanol–water partition coefficient (Wildman–Crippen LogP) is 3.11. The molecule has 0 saturated heterocycles. The van der Waals surface area contributed by atoms with E-state index in [-0.39, 0.29) is 5.28 Å². The third-order valence-corrected chi connectivity index (χ3v) is 2.51. The molecular formula is C12H11ClN2O. The molecule has 0 atom stereocenters. The Kier molecular flexibility index (Phi) is 3.06. The molecule has 0 aliphatic heterocycles. The van der Waals surface area contributed by atoms with Crippen molar-refractivity contribution >= 4 is 11.6 Å². The molecule has 2 aromatic rings. The van der Waals surface area contributed by atoms with Crippen LogP contribution in [0, 0.1) is 6.92 Å². The Bertz CT molecular complexity index is 514. The zero-order chi connectivity index (χ0) is 11.5. The highest BCUT2D eigenvalue weighted by atomic mass is 35.5. The lowest BCUT2D eigenvalue weighted by Crippen LogP contribution is -1.90. The minimum Gasteiger partial charge on any atom is -0.496 e. The van der Waals surface area contributed by atoms with E-state index in [0.29, 0.717) is 0 Å². The molecule has 1 aromatic carbocycles. The summed E-state index contributed by atoms with van der Waals surface area (Å²) in [5, 5.41) is 0.247. The van der Waals surface area contributed by atoms with Crippen LogP contribution < -0.4 is 4.74 Å². The molecule has 2 rings (SSSR count). The fourth-order valence-corrected chi connectivity index (χ4v) is 1.62. The Hall–Kier alpha value is -1.61. The molecule has 0 unspecified atom stereocenters. The zero-order valence-electron chi connectivity index (χ0n) is 9.07. The van der Waals surface area contributed by atoms with Crippen molar-refractivity contribution in [3.8, 4) is 17.0 Å². The van der Waals surface area contributed by atoms with Crippen molar-refractivity contribution in [1.29, 1.82) is 0 Å². The van der Waals surface area contributed by atoms with Gasteiger partial charge in [-0.1, -0.05) is 12.1 Å². The Morgan fingerprint density at radius 3 is 2.75 bits per heavy atom. The molecule has 0 amide bonds. The van der Waals surface area contributed by atoms with Crippen molar-refractivity contribution in [3.05, 3.63) is 41.3 Å². The number of aryl methyl sites for hydroxylation is 1. The largest absolute Gasteiger partial charge is 0.496 e. The van der Waals surface area contributed by atoms with Gasteiger partial charge in [-0.15, -0.1) is 0 Å². The van der Waals surface area contributed by atoms with E-state index in [4.69, 9.17) is 16.3 Å². The van der Waals surface area contributed by atoms with Gasteiger partial charge in [0.2, 0.25) is 5.28 Å². The fourth-order valence-electron chi connectivity index (χ4n) is 1.48. The summed E-state index contributed by atoms with van der Waals surface area (Å²) in [4.78, 5) is 8.00. The van der Waals surface area contributed by atoms with Crippen LogP contribution in [0.4, 0.5) is 0 Å². The van der Waals surface area contributed by atoms with Gasteiger partial charge in [-0.3, -0.25) is 0 Å². The molecule has 0 bridgehead atoms. The third-order valence-electron chi connectivity index (χ3n) is 2.33. The van der Waals surface area contributed by atoms with Crippen LogP contribution in [-0.4, -0.2) is 17.1 Å². The zero-order valence-corrected chi connectivity index (χ0v) is 9.82. The molecule has 0 N–H and O–H groups in total. The maximum Gasteiger partial charge on any atom is 0.222 e. The van der Waals surface area contributed by atoms with Gasteiger partial charge in [0.15, 0.2) is 0 Å². The van der Waals surface area contributed by atoms with Gasteiger partial charge in [0.05, 0.1) is 12.8 Å². The molecule has 4 heteroatoms. The molecule has 16 heavy (non-hydrogen) atoms. The van der Waals surface area contributed by atoms with Gasteiger partial charge in [-0.25, -0.2) is 9.97 Å². The van der Waals surface area contributed by atoms with Crippen molar-refractivity contribution in [2.75, 3.05) is 7.11 Å². The summed E-state index contributed by atoms with van der Waals surface area (Å²) in [5.41, 5.74) is 2.84. The molecule has 0 aliphatic rings. The number of methoxy groups -OCH3 is 1. The monoisotopic (exact) mass is 234 g/mol. The smallest absolute Gasteiger partial charge is 0.222 e. The highest BCUT2D eigenvalue weighted by Crippen LogP contribution is 2.25. The second-order valence-corrected chi connectivity index (χ2v) is 3.73. The van der Waals surface area contributed by atoms with Crippen LogP contribution in [0.3, 0.4) is 0 Å². The van der Waals surface area contributed by atoms with E-state index in [1.165, 1.54) is 0 Å². The predicted molar refractivity (Wildman–Crippen MR) is 63.8 cm³/mol. The number of hydrogen-bond acceptors (Lipinski definition) is 3. The lowest BCUT2D eigenvalue weighted by molar-refractivity contribution is 0.412. The second kappa shape index (κ2) is 4.49. The van der Waals surface area contributed by atoms with Gasteiger partial charge < -0.3 is 4.74 Å². The summed E-state index contributed by atoms with van der Waals surface area (Å²) < 4.78 is 5.26. The molecule has 0 radical (unpaired) electrons. The number of aromatic nitrogens is 2. The van der Waals surface area contributed by atoms with Crippen molar-refractivity contribution < 1.29 is 4.74 Å². The summed E-state index contributed by atoms with van der Waals surface area (Å²) in [6.07, 6.45) is 1.64. The first kappa shape index (κ1) is 10.9. The number of benzene rings is 1. The maximum absolute atomic E-state index is 5.75. The number of ether oxygens (including phenoxy) is 1. The van der Waals surface area contributed by atoms with Crippen LogP contribution in [0.2, 0.25) is 5.28 Å². The Labute approximate surface area is 99.1 Å². The van der Waals surface area contributed by atoms with Crippen LogP contribution in [-0.2, 0) is 0 Å². The first-order chi connectivity index (χ1) is 7.70. The van der Waals surface area contributed by atoms with Gasteiger partial charge in [0.25, 0.3) is 0 Å². The van der Waals surface area contributed by atoms with E-state index in [1.807, 2.05) is 31.2 Å². The van der Waals surface area contributed by atoms with Crippen molar-refractivity contribution in [2.24, 2.45) is 0 Å². The standard InChI is InChI=1S/C12H11ClN2O/c1-8-3-4-9(7-11(8)16-2)10-5-6-14-12(13)15-10/h3-7H,1-2H3. The summed E-state index contributed by atoms with van der Waals surface area (Å²) >= 11 is 5.75. The molecular weight excluding hydrogens is 224 g/mol. The molecule has 1 heterocycles. The lowest BCUT2D eigenvalue weighted by Gasteiger charge is -2.07. The number of halogens is 1. The normalized spacial score (nSPS) is 10.2. The summed E-state index contributed by atoms with van der Waals surface area (Å²) in [6, 6.07) is 7.73. The molecule has 0 fully saturated rings. The van der Waals surface area contributed by atoms with Crippen LogP contribution >= 0.6 is 11.6 Å². The highest BCUT2D eigenvalue weighted by Gasteiger charge is 2.04. The molecule has 0 spiro atoms. The third kappa shape index (κ3) is 2.14. The van der Waals surface area contributed by atoms with E-state index in [0.717, 1.165) is 22.6 Å². The van der Waals surface area contributed by atoms with Crippen LogP contribution in [0.5, 0.6) is 5.75 Å². The van der Waals surface area contributed by atoms with Crippen molar-refractivity contribution in [3.63, 3.8) is 0 Å². The SMILES string of the molecule is COc1cc(-c2ccnc(Cl)n2)ccc1C. The molecule has 0 aliphatic carbocycles. The Balaban J connectivity index is 2.48. The van der Waals surface area contributed by atoms with Gasteiger partial charge >= 0.3 is 0 Å². The van der Waals surface area contributed by atoms with Crippen LogP contribution in [0.1, 0.15) is 5.56 Å². The van der Waals surface area contributed by atoms with E-state index < -0.39 is 0 Å². The second-order valence-electron chi connectivity index (χ2n) is 3.40. The number of nitrogens with zero attached hydrogens (tertiary/aromatic N) is 2. The minimum absolute atomic E-state index is 0.247. The summed E-state index contributed by atoms with van der Waals surface area (Å²) in [6.45, 7) is 2.00. The average molecular weight is 235 g/mol. The van der Waals surface area contributed by atoms with E-state index in [9.17, 15) is 0 Å². The number of rotatable bonds is 2. The highest BCUT2D eigenvalue weighted by molar-refractivity contribution is 6.28. The summed E-state index contributed by atoms with van der Waals surface area (Å²) in [5.74, 6) is 0.840. The quantitative estimate of drug-likeness (QED) is 0.749. The number of hydrogen-bond donors (Lipinski definition) is 0. The van der Waals surface area contributed by atoms with Crippen molar-refractivity contribution in [2.45, 2.75) is 6.92 Å². The van der Waals surface area contributed by atoms with Crippen LogP contribution in [0.25, 0.3) is 11.3 Å². The maximum atomic E-state index is 5.75. The Morgan fingerprint density at radius 2 is 2.06 bits per heavy atom. The van der Waals surface area contributed by atoms with E-state index >= 15 is 0 Å². The molecule has 3 nitrogen and oxygen atoms in total. The topological polar surface area (TPSA) is 35.0 Å². The van der Waals surface area contributed by atoms with E-state index in [2.05, 4.69) is 9.97 Å². The molecule has 1 aromatic heterocycles. The minimum atomic E-state index is 0.247. The Morgan fingerprint density at radius 1 is 1.25 bits per heavy atom.